The van der Waals surface area contributed by atoms with Crippen molar-refractivity contribution in [2.24, 2.45) is 0 Å². The minimum absolute atomic E-state index is 0.0965. The Hall–Kier alpha value is -2.08. The molecule has 0 amide bonds. The first kappa shape index (κ1) is 15.3. The van der Waals surface area contributed by atoms with E-state index < -0.39 is 5.97 Å². The number of carbonyl (C=O) groups is 1. The summed E-state index contributed by atoms with van der Waals surface area (Å²) >= 11 is 1.71. The number of nitrogens with one attached hydrogen (secondary N) is 1. The molecule has 2 aromatic rings. The molecule has 0 saturated carbocycles. The molecular weight excluding hydrogens is 286 g/mol. The fourth-order valence-electron chi connectivity index (χ4n) is 1.82. The van der Waals surface area contributed by atoms with Crippen molar-refractivity contribution >= 4 is 23.5 Å². The van der Waals surface area contributed by atoms with Crippen LogP contribution < -0.4 is 5.32 Å². The average molecular weight is 303 g/mol. The van der Waals surface area contributed by atoms with E-state index in [1.165, 1.54) is 12.0 Å². The number of aromatic nitrogens is 2. The number of rotatable bonds is 5. The van der Waals surface area contributed by atoms with Crippen molar-refractivity contribution in [1.29, 1.82) is 0 Å². The summed E-state index contributed by atoms with van der Waals surface area (Å²) < 4.78 is 4.58. The summed E-state index contributed by atoms with van der Waals surface area (Å²) in [5.74, 6) is 0.124. The molecule has 0 fully saturated rings. The zero-order chi connectivity index (χ0) is 15.2. The highest BCUT2D eigenvalue weighted by molar-refractivity contribution is 7.98. The van der Waals surface area contributed by atoms with Crippen LogP contribution in [0.2, 0.25) is 0 Å². The zero-order valence-corrected chi connectivity index (χ0v) is 13.0. The van der Waals surface area contributed by atoms with Gasteiger partial charge in [0.15, 0.2) is 5.69 Å². The summed E-state index contributed by atoms with van der Waals surface area (Å²) in [4.78, 5) is 12.5. The molecule has 0 aliphatic rings. The summed E-state index contributed by atoms with van der Waals surface area (Å²) in [6.45, 7) is 2.05. The van der Waals surface area contributed by atoms with Crippen LogP contribution in [-0.4, -0.2) is 29.5 Å². The quantitative estimate of drug-likeness (QED) is 0.676. The summed E-state index contributed by atoms with van der Waals surface area (Å²) in [6.07, 6.45) is 2.05. The molecule has 2 rings (SSSR count). The molecule has 0 spiro atoms. The van der Waals surface area contributed by atoms with E-state index >= 15 is 0 Å². The number of thioether (sulfide) groups is 1. The maximum Gasteiger partial charge on any atom is 0.358 e. The van der Waals surface area contributed by atoms with Gasteiger partial charge in [0.2, 0.25) is 0 Å². The minimum Gasteiger partial charge on any atom is -0.464 e. The number of esters is 1. The van der Waals surface area contributed by atoms with Crippen LogP contribution in [0.5, 0.6) is 0 Å². The SMILES string of the molecule is COC(=O)c1ccc(NC(C)c2ccc(SC)cc2)nn1. The Kier molecular flexibility index (Phi) is 5.16. The van der Waals surface area contributed by atoms with Crippen molar-refractivity contribution in [3.8, 4) is 0 Å². The molecule has 1 aromatic carbocycles. The van der Waals surface area contributed by atoms with Gasteiger partial charge in [-0.05, 0) is 43.0 Å². The molecule has 1 N–H and O–H groups in total. The average Bonchev–Trinajstić information content (AvgIpc) is 2.55. The lowest BCUT2D eigenvalue weighted by Crippen LogP contribution is -2.10. The predicted octanol–water partition coefficient (Wildman–Crippen LogP) is 3.16. The fraction of sp³-hybridized carbons (Fsp3) is 0.267. The lowest BCUT2D eigenvalue weighted by molar-refractivity contribution is 0.0593. The summed E-state index contributed by atoms with van der Waals surface area (Å²) in [5, 5.41) is 11.1. The lowest BCUT2D eigenvalue weighted by atomic mass is 10.1. The first-order valence-corrected chi connectivity index (χ1v) is 7.69. The highest BCUT2D eigenvalue weighted by atomic mass is 32.2. The number of anilines is 1. The van der Waals surface area contributed by atoms with Crippen molar-refractivity contribution in [1.82, 2.24) is 10.2 Å². The lowest BCUT2D eigenvalue weighted by Gasteiger charge is -2.14. The number of carbonyl (C=O) groups excluding carboxylic acids is 1. The number of hydrogen-bond acceptors (Lipinski definition) is 6. The van der Waals surface area contributed by atoms with Gasteiger partial charge in [-0.3, -0.25) is 0 Å². The first-order chi connectivity index (χ1) is 10.1. The van der Waals surface area contributed by atoms with Crippen molar-refractivity contribution in [2.45, 2.75) is 17.9 Å². The Morgan fingerprint density at radius 3 is 2.43 bits per heavy atom. The Morgan fingerprint density at radius 2 is 1.90 bits per heavy atom. The fourth-order valence-corrected chi connectivity index (χ4v) is 2.23. The second kappa shape index (κ2) is 7.08. The third-order valence-corrected chi connectivity index (χ3v) is 3.78. The standard InChI is InChI=1S/C15H17N3O2S/c1-10(11-4-6-12(21-3)7-5-11)16-14-9-8-13(17-18-14)15(19)20-2/h4-10H,1-3H3,(H,16,18). The molecular formula is C15H17N3O2S. The van der Waals surface area contributed by atoms with Crippen molar-refractivity contribution in [3.63, 3.8) is 0 Å². The normalized spacial score (nSPS) is 11.8. The van der Waals surface area contributed by atoms with E-state index in [0.29, 0.717) is 5.82 Å². The van der Waals surface area contributed by atoms with E-state index in [1.807, 2.05) is 6.92 Å². The third-order valence-electron chi connectivity index (χ3n) is 3.04. The number of benzene rings is 1. The molecule has 1 aromatic heterocycles. The molecule has 5 nitrogen and oxygen atoms in total. The van der Waals surface area contributed by atoms with Crippen LogP contribution in [0.1, 0.15) is 29.0 Å². The summed E-state index contributed by atoms with van der Waals surface area (Å²) in [7, 11) is 1.32. The third kappa shape index (κ3) is 3.95. The molecule has 0 aliphatic carbocycles. The largest absolute Gasteiger partial charge is 0.464 e. The molecule has 0 aliphatic heterocycles. The monoisotopic (exact) mass is 303 g/mol. The number of ether oxygens (including phenoxy) is 1. The molecule has 0 saturated heterocycles. The molecule has 1 unspecified atom stereocenters. The second-order valence-corrected chi connectivity index (χ2v) is 5.31. The van der Waals surface area contributed by atoms with Crippen molar-refractivity contribution < 1.29 is 9.53 Å². The Morgan fingerprint density at radius 1 is 1.19 bits per heavy atom. The number of hydrogen-bond donors (Lipinski definition) is 1. The van der Waals surface area contributed by atoms with E-state index in [4.69, 9.17) is 0 Å². The summed E-state index contributed by atoms with van der Waals surface area (Å²) in [5.41, 5.74) is 1.35. The van der Waals surface area contributed by atoms with E-state index in [2.05, 4.69) is 50.8 Å². The van der Waals surface area contributed by atoms with E-state index in [9.17, 15) is 4.79 Å². The first-order valence-electron chi connectivity index (χ1n) is 6.46. The molecule has 1 atom stereocenters. The highest BCUT2D eigenvalue weighted by Gasteiger charge is 2.10. The van der Waals surface area contributed by atoms with Crippen LogP contribution >= 0.6 is 11.8 Å². The van der Waals surface area contributed by atoms with Crippen LogP contribution in [0, 0.1) is 0 Å². The number of nitrogens with zero attached hydrogens (tertiary/aromatic N) is 2. The Balaban J connectivity index is 2.04. The van der Waals surface area contributed by atoms with Gasteiger partial charge in [0, 0.05) is 10.9 Å². The van der Waals surface area contributed by atoms with Crippen LogP contribution in [0.15, 0.2) is 41.3 Å². The van der Waals surface area contributed by atoms with Gasteiger partial charge < -0.3 is 10.1 Å². The molecule has 1 heterocycles. The number of methoxy groups -OCH3 is 1. The second-order valence-electron chi connectivity index (χ2n) is 4.43. The van der Waals surface area contributed by atoms with Crippen LogP contribution in [0.25, 0.3) is 0 Å². The molecule has 6 heteroatoms. The van der Waals surface area contributed by atoms with Crippen molar-refractivity contribution in [2.75, 3.05) is 18.7 Å². The predicted molar refractivity (Wildman–Crippen MR) is 83.6 cm³/mol. The van der Waals surface area contributed by atoms with Crippen LogP contribution in [-0.2, 0) is 4.74 Å². The molecule has 21 heavy (non-hydrogen) atoms. The van der Waals surface area contributed by atoms with E-state index in [-0.39, 0.29) is 11.7 Å². The van der Waals surface area contributed by atoms with Gasteiger partial charge in [-0.2, -0.15) is 0 Å². The van der Waals surface area contributed by atoms with Gasteiger partial charge in [-0.15, -0.1) is 22.0 Å². The maximum absolute atomic E-state index is 11.3. The van der Waals surface area contributed by atoms with Crippen molar-refractivity contribution in [3.05, 3.63) is 47.7 Å². The van der Waals surface area contributed by atoms with Gasteiger partial charge in [-0.1, -0.05) is 12.1 Å². The Labute approximate surface area is 128 Å². The van der Waals surface area contributed by atoms with Gasteiger partial charge in [0.1, 0.15) is 5.82 Å². The minimum atomic E-state index is -0.491. The van der Waals surface area contributed by atoms with Gasteiger partial charge in [-0.25, -0.2) is 4.79 Å². The summed E-state index contributed by atoms with van der Waals surface area (Å²) in [6, 6.07) is 11.7. The Bertz CT molecular complexity index is 599. The zero-order valence-electron chi connectivity index (χ0n) is 12.2. The van der Waals surface area contributed by atoms with Crippen LogP contribution in [0.3, 0.4) is 0 Å². The van der Waals surface area contributed by atoms with Gasteiger partial charge >= 0.3 is 5.97 Å². The smallest absolute Gasteiger partial charge is 0.358 e. The van der Waals surface area contributed by atoms with E-state index in [1.54, 1.807) is 23.9 Å². The van der Waals surface area contributed by atoms with E-state index in [0.717, 1.165) is 5.56 Å². The molecule has 0 bridgehead atoms. The molecule has 110 valence electrons. The highest BCUT2D eigenvalue weighted by Crippen LogP contribution is 2.21. The van der Waals surface area contributed by atoms with Crippen LogP contribution in [0.4, 0.5) is 5.82 Å². The topological polar surface area (TPSA) is 64.1 Å². The molecule has 0 radical (unpaired) electrons. The maximum atomic E-state index is 11.3. The van der Waals surface area contributed by atoms with Gasteiger partial charge in [0.05, 0.1) is 7.11 Å². The van der Waals surface area contributed by atoms with Gasteiger partial charge in [0.25, 0.3) is 0 Å².